The second-order valence-corrected chi connectivity index (χ2v) is 16.9. The Kier molecular flexibility index (Phi) is 19.3. The summed E-state index contributed by atoms with van der Waals surface area (Å²) in [5, 5.41) is 11.6. The highest BCUT2D eigenvalue weighted by Gasteiger charge is 2.39. The molecule has 0 aromatic heterocycles. The number of nitrogens with zero attached hydrogens (tertiary/aromatic N) is 1. The van der Waals surface area contributed by atoms with Gasteiger partial charge in [0.1, 0.15) is 24.2 Å². The number of likely N-dealkylation sites (N-methyl/N-ethyl adjacent to an activating group) is 1. The molecule has 2 aliphatic carbocycles. The number of rotatable bonds is 10. The van der Waals surface area contributed by atoms with Crippen LogP contribution in [0.1, 0.15) is 124 Å². The number of nitrogens with two attached hydrogens (primary N) is 2. The van der Waals surface area contributed by atoms with Gasteiger partial charge in [-0.25, -0.2) is 0 Å². The zero-order valence-electron chi connectivity index (χ0n) is 34.6. The minimum absolute atomic E-state index is 0.125. The lowest BCUT2D eigenvalue weighted by molar-refractivity contribution is -0.147. The molecule has 2 saturated carbocycles. The SMILES string of the molecule is CCC[C@H]1C(=O)N[C@@H](C2CCCCCC2)C(=O)N[C@@H](CN)C(=O)N[C@@H](COC2CCOC(CN)C2)C(=O)N[C@H](C)CO[C@H](CC2CCCCC2)[C@@H](C)C(=O)N1C. The Hall–Kier alpha value is -2.85. The van der Waals surface area contributed by atoms with Crippen molar-refractivity contribution >= 4 is 29.5 Å². The molecule has 56 heavy (non-hydrogen) atoms. The highest BCUT2D eigenvalue weighted by Crippen LogP contribution is 2.31. The van der Waals surface area contributed by atoms with E-state index in [0.717, 1.165) is 64.2 Å². The van der Waals surface area contributed by atoms with Gasteiger partial charge in [0.25, 0.3) is 0 Å². The van der Waals surface area contributed by atoms with E-state index in [4.69, 9.17) is 25.7 Å². The van der Waals surface area contributed by atoms with E-state index >= 15 is 0 Å². The van der Waals surface area contributed by atoms with E-state index in [2.05, 4.69) is 21.3 Å². The summed E-state index contributed by atoms with van der Waals surface area (Å²) in [4.78, 5) is 72.1. The van der Waals surface area contributed by atoms with Crippen LogP contribution in [0.3, 0.4) is 0 Å². The average molecular weight is 792 g/mol. The molecule has 4 fully saturated rings. The van der Waals surface area contributed by atoms with Crippen molar-refractivity contribution in [3.8, 4) is 0 Å². The predicted octanol–water partition coefficient (Wildman–Crippen LogP) is 2.03. The smallest absolute Gasteiger partial charge is 0.245 e. The molecule has 2 saturated heterocycles. The number of carbonyl (C=O) groups excluding carboxylic acids is 5. The van der Waals surface area contributed by atoms with Crippen LogP contribution >= 0.6 is 0 Å². The van der Waals surface area contributed by atoms with Crippen LogP contribution in [-0.2, 0) is 38.2 Å². The van der Waals surface area contributed by atoms with E-state index in [1.54, 1.807) is 7.05 Å². The van der Waals surface area contributed by atoms with Gasteiger partial charge in [0, 0.05) is 39.2 Å². The van der Waals surface area contributed by atoms with Gasteiger partial charge in [-0.2, -0.15) is 0 Å². The first-order valence-corrected chi connectivity index (χ1v) is 21.7. The fraction of sp³-hybridized carbons (Fsp3) is 0.878. The Labute approximate surface area is 334 Å². The highest BCUT2D eigenvalue weighted by molar-refractivity contribution is 5.96. The van der Waals surface area contributed by atoms with Gasteiger partial charge in [-0.1, -0.05) is 78.1 Å². The first-order chi connectivity index (χ1) is 26.9. The molecule has 0 aromatic carbocycles. The van der Waals surface area contributed by atoms with E-state index in [1.807, 2.05) is 20.8 Å². The lowest BCUT2D eigenvalue weighted by Crippen LogP contribution is -2.62. The fourth-order valence-electron chi connectivity index (χ4n) is 8.86. The molecule has 4 aliphatic rings. The maximum Gasteiger partial charge on any atom is 0.245 e. The van der Waals surface area contributed by atoms with Crippen LogP contribution in [-0.4, -0.2) is 123 Å². The van der Waals surface area contributed by atoms with E-state index in [-0.39, 0.29) is 43.8 Å². The summed E-state index contributed by atoms with van der Waals surface area (Å²) in [5.41, 5.74) is 11.9. The number of hydrogen-bond acceptors (Lipinski definition) is 10. The van der Waals surface area contributed by atoms with Crippen LogP contribution in [0.4, 0.5) is 0 Å². The molecule has 0 spiro atoms. The molecule has 2 unspecified atom stereocenters. The maximum atomic E-state index is 14.3. The summed E-state index contributed by atoms with van der Waals surface area (Å²) >= 11 is 0. The number of ether oxygens (including phenoxy) is 3. The van der Waals surface area contributed by atoms with Gasteiger partial charge in [-0.15, -0.1) is 0 Å². The first kappa shape index (κ1) is 45.8. The number of hydrogen-bond donors (Lipinski definition) is 6. The van der Waals surface area contributed by atoms with Crippen LogP contribution in [0.2, 0.25) is 0 Å². The highest BCUT2D eigenvalue weighted by atomic mass is 16.5. The second-order valence-electron chi connectivity index (χ2n) is 16.9. The van der Waals surface area contributed by atoms with E-state index < -0.39 is 65.9 Å². The van der Waals surface area contributed by atoms with Gasteiger partial charge in [0.2, 0.25) is 29.5 Å². The molecule has 4 rings (SSSR count). The molecule has 15 heteroatoms. The number of carbonyl (C=O) groups is 5. The van der Waals surface area contributed by atoms with Crippen LogP contribution < -0.4 is 32.7 Å². The van der Waals surface area contributed by atoms with Crippen LogP contribution in [0.5, 0.6) is 0 Å². The fourth-order valence-corrected chi connectivity index (χ4v) is 8.86. The molecular weight excluding hydrogens is 718 g/mol. The Morgan fingerprint density at radius 2 is 1.39 bits per heavy atom. The zero-order chi connectivity index (χ0) is 40.6. The quantitative estimate of drug-likeness (QED) is 0.177. The van der Waals surface area contributed by atoms with Gasteiger partial charge < -0.3 is 51.8 Å². The molecule has 9 atom stereocenters. The predicted molar refractivity (Wildman–Crippen MR) is 213 cm³/mol. The number of amides is 5. The third-order valence-corrected chi connectivity index (χ3v) is 12.4. The third-order valence-electron chi connectivity index (χ3n) is 12.4. The molecule has 5 amide bonds. The Balaban J connectivity index is 1.66. The van der Waals surface area contributed by atoms with Gasteiger partial charge in [-0.05, 0) is 50.9 Å². The summed E-state index contributed by atoms with van der Waals surface area (Å²) in [6, 6.07) is -4.54. The normalized spacial score (nSPS) is 33.6. The van der Waals surface area contributed by atoms with Gasteiger partial charge >= 0.3 is 0 Å². The van der Waals surface area contributed by atoms with Gasteiger partial charge in [0.15, 0.2) is 0 Å². The van der Waals surface area contributed by atoms with Crippen LogP contribution in [0.25, 0.3) is 0 Å². The topological polar surface area (TPSA) is 216 Å². The van der Waals surface area contributed by atoms with Crippen molar-refractivity contribution in [2.24, 2.45) is 29.2 Å². The number of nitrogens with one attached hydrogen (secondary N) is 4. The average Bonchev–Trinajstić information content (AvgIpc) is 3.49. The standard InChI is InChI=1S/C41H73N7O8/c1-5-13-34-39(51)47-36(29-16-11-6-7-12-17-29)40(52)45-32(23-43)37(49)46-33(25-55-30-18-19-54-31(21-30)22-42)38(50)44-26(2)24-56-35(27(3)41(53)48(34)4)20-28-14-9-8-10-15-28/h26-36H,5-25,42-43H2,1-4H3,(H,44,50)(H,45,52)(H,46,49)(H,47,51)/t26-,27-,30?,31?,32+,33+,34+,35-,36+/m1/s1. The lowest BCUT2D eigenvalue weighted by atomic mass is 9.82. The molecule has 2 heterocycles. The second kappa shape index (κ2) is 23.5. The van der Waals surface area contributed by atoms with Crippen molar-refractivity contribution in [3.05, 3.63) is 0 Å². The molecule has 2 aliphatic heterocycles. The Morgan fingerprint density at radius 1 is 0.750 bits per heavy atom. The lowest BCUT2D eigenvalue weighted by Gasteiger charge is -2.35. The van der Waals surface area contributed by atoms with Crippen LogP contribution in [0, 0.1) is 17.8 Å². The monoisotopic (exact) mass is 792 g/mol. The molecule has 0 aromatic rings. The van der Waals surface area contributed by atoms with Crippen molar-refractivity contribution in [2.75, 3.05) is 40.0 Å². The summed E-state index contributed by atoms with van der Waals surface area (Å²) < 4.78 is 18.4. The van der Waals surface area contributed by atoms with Crippen molar-refractivity contribution in [1.29, 1.82) is 0 Å². The maximum absolute atomic E-state index is 14.3. The largest absolute Gasteiger partial charge is 0.377 e. The molecule has 15 nitrogen and oxygen atoms in total. The van der Waals surface area contributed by atoms with E-state index in [1.165, 1.54) is 11.3 Å². The Morgan fingerprint density at radius 3 is 2.05 bits per heavy atom. The summed E-state index contributed by atoms with van der Waals surface area (Å²) in [6.45, 7) is 6.24. The van der Waals surface area contributed by atoms with Crippen molar-refractivity contribution in [3.63, 3.8) is 0 Å². The van der Waals surface area contributed by atoms with Crippen molar-refractivity contribution < 1.29 is 38.2 Å². The third kappa shape index (κ3) is 13.6. The molecular formula is C41H73N7O8. The molecule has 320 valence electrons. The summed E-state index contributed by atoms with van der Waals surface area (Å²) in [6.07, 6.45) is 13.1. The molecule has 0 radical (unpaired) electrons. The van der Waals surface area contributed by atoms with E-state index in [0.29, 0.717) is 51.2 Å². The minimum atomic E-state index is -1.19. The minimum Gasteiger partial charge on any atom is -0.377 e. The first-order valence-electron chi connectivity index (χ1n) is 21.7. The van der Waals surface area contributed by atoms with Crippen molar-refractivity contribution in [2.45, 2.75) is 172 Å². The van der Waals surface area contributed by atoms with E-state index in [9.17, 15) is 24.0 Å². The summed E-state index contributed by atoms with van der Waals surface area (Å²) in [5.74, 6) is -2.57. The van der Waals surface area contributed by atoms with Gasteiger partial charge in [-0.3, -0.25) is 24.0 Å². The van der Waals surface area contributed by atoms with Crippen molar-refractivity contribution in [1.82, 2.24) is 26.2 Å². The Bertz CT molecular complexity index is 1260. The zero-order valence-corrected chi connectivity index (χ0v) is 34.6. The molecule has 8 N–H and O–H groups in total. The summed E-state index contributed by atoms with van der Waals surface area (Å²) in [7, 11) is 1.66. The molecule has 0 bridgehead atoms. The van der Waals surface area contributed by atoms with Crippen LogP contribution in [0.15, 0.2) is 0 Å². The van der Waals surface area contributed by atoms with Gasteiger partial charge in [0.05, 0.1) is 37.4 Å².